The summed E-state index contributed by atoms with van der Waals surface area (Å²) in [5.74, 6) is 0.558. The van der Waals surface area contributed by atoms with Crippen molar-refractivity contribution in [2.45, 2.75) is 13.1 Å². The molecule has 0 saturated carbocycles. The maximum Gasteiger partial charge on any atom is 0.420 e. The van der Waals surface area contributed by atoms with Crippen molar-refractivity contribution in [3.8, 4) is 28.4 Å². The molecule has 3 nitrogen and oxygen atoms in total. The smallest absolute Gasteiger partial charge is 0.420 e. The third kappa shape index (κ3) is 4.04. The molecule has 4 rings (SSSR count). The molecule has 6 heteroatoms. The van der Waals surface area contributed by atoms with Crippen molar-refractivity contribution in [2.75, 3.05) is 7.11 Å². The maximum atomic E-state index is 13.8. The van der Waals surface area contributed by atoms with E-state index in [1.807, 2.05) is 49.4 Å². The minimum atomic E-state index is -4.69. The Morgan fingerprint density at radius 2 is 1.66 bits per heavy atom. The third-order valence-electron chi connectivity index (χ3n) is 5.22. The summed E-state index contributed by atoms with van der Waals surface area (Å²) < 4.78 is 52.6. The second-order valence-electron chi connectivity index (χ2n) is 7.32. The molecule has 4 aromatic rings. The summed E-state index contributed by atoms with van der Waals surface area (Å²) in [5, 5.41) is 1.41. The van der Waals surface area contributed by atoms with E-state index in [1.54, 1.807) is 19.2 Å². The van der Waals surface area contributed by atoms with E-state index in [-0.39, 0.29) is 11.3 Å². The van der Waals surface area contributed by atoms with Gasteiger partial charge in [0.05, 0.1) is 12.7 Å². The molecule has 0 aliphatic heterocycles. The van der Waals surface area contributed by atoms with Gasteiger partial charge in [-0.3, -0.25) is 4.79 Å². The fraction of sp³-hybridized carbons (Fsp3) is 0.115. The van der Waals surface area contributed by atoms with Crippen molar-refractivity contribution in [1.29, 1.82) is 0 Å². The Hall–Kier alpha value is -3.80. The number of benzene rings is 4. The highest BCUT2D eigenvalue weighted by molar-refractivity contribution is 5.97. The summed E-state index contributed by atoms with van der Waals surface area (Å²) in [5.41, 5.74) is 1.26. The number of hydrogen-bond acceptors (Lipinski definition) is 3. The number of alkyl halides is 3. The van der Waals surface area contributed by atoms with E-state index in [0.717, 1.165) is 22.6 Å². The van der Waals surface area contributed by atoms with Gasteiger partial charge in [-0.15, -0.1) is 0 Å². The van der Waals surface area contributed by atoms with Crippen LogP contribution in [0, 0.1) is 6.92 Å². The largest absolute Gasteiger partial charge is 0.497 e. The van der Waals surface area contributed by atoms with E-state index < -0.39 is 11.7 Å². The first-order valence-corrected chi connectivity index (χ1v) is 9.83. The number of aldehydes is 1. The Balaban J connectivity index is 2.00. The highest BCUT2D eigenvalue weighted by Crippen LogP contribution is 2.45. The van der Waals surface area contributed by atoms with Gasteiger partial charge in [0.25, 0.3) is 0 Å². The molecule has 0 aliphatic rings. The molecule has 4 aromatic carbocycles. The van der Waals surface area contributed by atoms with E-state index in [0.29, 0.717) is 28.7 Å². The van der Waals surface area contributed by atoms with E-state index >= 15 is 0 Å². The van der Waals surface area contributed by atoms with Crippen molar-refractivity contribution in [3.05, 3.63) is 89.5 Å². The number of aryl methyl sites for hydroxylation is 1. The zero-order valence-electron chi connectivity index (χ0n) is 17.4. The lowest BCUT2D eigenvalue weighted by molar-refractivity contribution is -0.138. The van der Waals surface area contributed by atoms with E-state index in [4.69, 9.17) is 9.47 Å². The lowest BCUT2D eigenvalue weighted by Crippen LogP contribution is -2.08. The molecule has 0 atom stereocenters. The molecule has 0 amide bonds. The Kier molecular flexibility index (Phi) is 5.61. The van der Waals surface area contributed by atoms with Crippen molar-refractivity contribution in [3.63, 3.8) is 0 Å². The lowest BCUT2D eigenvalue weighted by atomic mass is 9.94. The minimum Gasteiger partial charge on any atom is -0.497 e. The van der Waals surface area contributed by atoms with Gasteiger partial charge in [0.15, 0.2) is 0 Å². The van der Waals surface area contributed by atoms with Crippen LogP contribution in [-0.2, 0) is 6.18 Å². The number of carbonyl (C=O) groups is 1. The molecule has 0 aromatic heterocycles. The number of ether oxygens (including phenoxy) is 2. The first kappa shape index (κ1) is 21.4. The molecule has 0 heterocycles. The summed E-state index contributed by atoms with van der Waals surface area (Å²) in [6, 6.07) is 19.9. The SMILES string of the molecule is COc1ccc2c(Oc3ccc(C=O)cc3C(F)(F)F)c(-c3ccccc3)c(C)cc2c1. The van der Waals surface area contributed by atoms with Gasteiger partial charge in [0, 0.05) is 16.5 Å². The van der Waals surface area contributed by atoms with Crippen molar-refractivity contribution in [2.24, 2.45) is 0 Å². The zero-order chi connectivity index (χ0) is 22.9. The van der Waals surface area contributed by atoms with Gasteiger partial charge in [0.1, 0.15) is 23.5 Å². The third-order valence-corrected chi connectivity index (χ3v) is 5.22. The van der Waals surface area contributed by atoms with Crippen LogP contribution in [0.2, 0.25) is 0 Å². The van der Waals surface area contributed by atoms with E-state index in [9.17, 15) is 18.0 Å². The minimum absolute atomic E-state index is 0.0770. The fourth-order valence-corrected chi connectivity index (χ4v) is 3.72. The van der Waals surface area contributed by atoms with Crippen LogP contribution in [0.4, 0.5) is 13.2 Å². The molecule has 0 radical (unpaired) electrons. The van der Waals surface area contributed by atoms with Gasteiger partial charge in [-0.05, 0) is 59.8 Å². The summed E-state index contributed by atoms with van der Waals surface area (Å²) in [6.07, 6.45) is -4.31. The van der Waals surface area contributed by atoms with Crippen LogP contribution < -0.4 is 9.47 Å². The first-order chi connectivity index (χ1) is 15.3. The summed E-state index contributed by atoms with van der Waals surface area (Å²) in [6.45, 7) is 1.88. The van der Waals surface area contributed by atoms with Crippen LogP contribution in [-0.4, -0.2) is 13.4 Å². The van der Waals surface area contributed by atoms with Gasteiger partial charge in [-0.1, -0.05) is 36.4 Å². The van der Waals surface area contributed by atoms with Gasteiger partial charge >= 0.3 is 6.18 Å². The number of rotatable bonds is 5. The van der Waals surface area contributed by atoms with E-state index in [2.05, 4.69) is 0 Å². The number of hydrogen-bond donors (Lipinski definition) is 0. The monoisotopic (exact) mass is 436 g/mol. The highest BCUT2D eigenvalue weighted by atomic mass is 19.4. The highest BCUT2D eigenvalue weighted by Gasteiger charge is 2.35. The number of methoxy groups -OCH3 is 1. The number of halogens is 3. The van der Waals surface area contributed by atoms with Gasteiger partial charge in [-0.2, -0.15) is 13.2 Å². The standard InChI is InChI=1S/C26H19F3O3/c1-16-12-19-14-20(31-2)9-10-21(19)25(24(16)18-6-4-3-5-7-18)32-23-11-8-17(15-30)13-22(23)26(27,28)29/h3-15H,1-2H3. The molecular weight excluding hydrogens is 417 g/mol. The molecule has 0 saturated heterocycles. The average Bonchev–Trinajstić information content (AvgIpc) is 2.78. The van der Waals surface area contributed by atoms with Crippen molar-refractivity contribution < 1.29 is 27.4 Å². The lowest BCUT2D eigenvalue weighted by Gasteiger charge is -2.20. The Bertz CT molecular complexity index is 1300. The molecule has 0 N–H and O–H groups in total. The quantitative estimate of drug-likeness (QED) is 0.305. The van der Waals surface area contributed by atoms with Crippen LogP contribution in [0.5, 0.6) is 17.2 Å². The second-order valence-corrected chi connectivity index (χ2v) is 7.32. The van der Waals surface area contributed by atoms with Gasteiger partial charge in [-0.25, -0.2) is 0 Å². The summed E-state index contributed by atoms with van der Waals surface area (Å²) in [7, 11) is 1.55. The molecule has 32 heavy (non-hydrogen) atoms. The van der Waals surface area contributed by atoms with Crippen LogP contribution >= 0.6 is 0 Å². The van der Waals surface area contributed by atoms with Crippen LogP contribution in [0.1, 0.15) is 21.5 Å². The van der Waals surface area contributed by atoms with Crippen LogP contribution in [0.15, 0.2) is 72.8 Å². The van der Waals surface area contributed by atoms with Crippen molar-refractivity contribution in [1.82, 2.24) is 0 Å². The summed E-state index contributed by atoms with van der Waals surface area (Å²) >= 11 is 0. The molecule has 0 spiro atoms. The number of carbonyl (C=O) groups excluding carboxylic acids is 1. The van der Waals surface area contributed by atoms with E-state index in [1.165, 1.54) is 12.1 Å². The molecule has 0 unspecified atom stereocenters. The zero-order valence-corrected chi connectivity index (χ0v) is 17.4. The van der Waals surface area contributed by atoms with Crippen LogP contribution in [0.25, 0.3) is 21.9 Å². The predicted molar refractivity (Wildman–Crippen MR) is 118 cm³/mol. The molecule has 162 valence electrons. The Labute approximate surface area is 183 Å². The topological polar surface area (TPSA) is 35.5 Å². The van der Waals surface area contributed by atoms with Crippen LogP contribution in [0.3, 0.4) is 0 Å². The van der Waals surface area contributed by atoms with Gasteiger partial charge < -0.3 is 9.47 Å². The van der Waals surface area contributed by atoms with Gasteiger partial charge in [0.2, 0.25) is 0 Å². The second kappa shape index (κ2) is 8.38. The molecule has 0 aliphatic carbocycles. The first-order valence-electron chi connectivity index (χ1n) is 9.83. The average molecular weight is 436 g/mol. The molecule has 0 fully saturated rings. The number of fused-ring (bicyclic) bond motifs is 1. The maximum absolute atomic E-state index is 13.8. The normalized spacial score (nSPS) is 11.4. The predicted octanol–water partition coefficient (Wildman–Crippen LogP) is 7.45. The fourth-order valence-electron chi connectivity index (χ4n) is 3.72. The van der Waals surface area contributed by atoms with Crippen molar-refractivity contribution >= 4 is 17.1 Å². The summed E-state index contributed by atoms with van der Waals surface area (Å²) in [4.78, 5) is 11.1. The molecule has 0 bridgehead atoms. The molecular formula is C26H19F3O3. The Morgan fingerprint density at radius 1 is 0.906 bits per heavy atom. The Morgan fingerprint density at radius 3 is 2.31 bits per heavy atom.